The molecule has 4 heteroatoms. The van der Waals surface area contributed by atoms with E-state index in [1.165, 1.54) is 26.7 Å². The van der Waals surface area contributed by atoms with Crippen molar-refractivity contribution in [3.63, 3.8) is 0 Å². The Labute approximate surface area is 137 Å². The molecule has 1 aromatic carbocycles. The number of hydrogen-bond donors (Lipinski definition) is 0. The van der Waals surface area contributed by atoms with Crippen LogP contribution in [-0.2, 0) is 5.41 Å². The first kappa shape index (κ1) is 14.9. The highest BCUT2D eigenvalue weighted by atomic mass is 32.2. The molecule has 0 unspecified atom stereocenters. The fourth-order valence-corrected chi connectivity index (χ4v) is 5.04. The lowest BCUT2D eigenvalue weighted by Gasteiger charge is -2.19. The van der Waals surface area contributed by atoms with E-state index in [1.807, 2.05) is 17.5 Å². The zero-order valence-electron chi connectivity index (χ0n) is 12.2. The van der Waals surface area contributed by atoms with Crippen molar-refractivity contribution in [1.82, 2.24) is 0 Å². The Morgan fingerprint density at radius 1 is 1.10 bits per heavy atom. The first-order valence-electron chi connectivity index (χ1n) is 6.73. The maximum absolute atomic E-state index is 12.1. The molecular weight excluding hydrogens is 316 g/mol. The fraction of sp³-hybridized carbons (Fsp3) is 0.235. The van der Waals surface area contributed by atoms with Crippen molar-refractivity contribution in [1.29, 1.82) is 0 Å². The predicted molar refractivity (Wildman–Crippen MR) is 93.6 cm³/mol. The van der Waals surface area contributed by atoms with Crippen molar-refractivity contribution in [3.8, 4) is 0 Å². The van der Waals surface area contributed by atoms with Crippen molar-refractivity contribution < 1.29 is 4.79 Å². The van der Waals surface area contributed by atoms with Crippen LogP contribution >= 0.6 is 34.9 Å². The van der Waals surface area contributed by atoms with Gasteiger partial charge in [0.05, 0.1) is 9.11 Å². The molecule has 1 aliphatic rings. The van der Waals surface area contributed by atoms with E-state index in [9.17, 15) is 4.79 Å². The molecule has 0 saturated heterocycles. The molecule has 0 amide bonds. The SMILES string of the molecule is CC(C)(C)c1ccc2c(c1)S/C(=C/C(=O)c1cccs1)S2. The van der Waals surface area contributed by atoms with Crippen LogP contribution in [-0.4, -0.2) is 5.78 Å². The molecule has 1 aliphatic heterocycles. The topological polar surface area (TPSA) is 17.1 Å². The van der Waals surface area contributed by atoms with E-state index < -0.39 is 0 Å². The standard InChI is InChI=1S/C17H16OS3/c1-17(2,3)11-6-7-14-15(9-11)21-16(20-14)10-12(18)13-5-4-8-19-13/h4-10H,1-3H3/b16-10+. The number of carbonyl (C=O) groups excluding carboxylic acids is 1. The maximum atomic E-state index is 12.1. The summed E-state index contributed by atoms with van der Waals surface area (Å²) in [7, 11) is 0. The monoisotopic (exact) mass is 332 g/mol. The normalized spacial score (nSPS) is 16.2. The molecule has 21 heavy (non-hydrogen) atoms. The van der Waals surface area contributed by atoms with Gasteiger partial charge in [-0.3, -0.25) is 4.79 Å². The first-order valence-corrected chi connectivity index (χ1v) is 9.24. The molecule has 2 heterocycles. The van der Waals surface area contributed by atoms with Crippen molar-refractivity contribution in [2.75, 3.05) is 0 Å². The highest BCUT2D eigenvalue weighted by Crippen LogP contribution is 2.51. The molecule has 0 spiro atoms. The number of fused-ring (bicyclic) bond motifs is 1. The molecule has 0 aliphatic carbocycles. The summed E-state index contributed by atoms with van der Waals surface area (Å²) in [5.41, 5.74) is 1.49. The van der Waals surface area contributed by atoms with Gasteiger partial charge in [-0.2, -0.15) is 0 Å². The van der Waals surface area contributed by atoms with E-state index in [2.05, 4.69) is 39.0 Å². The van der Waals surface area contributed by atoms with E-state index >= 15 is 0 Å². The van der Waals surface area contributed by atoms with Crippen molar-refractivity contribution in [2.45, 2.75) is 36.0 Å². The van der Waals surface area contributed by atoms with Crippen LogP contribution in [0.15, 0.2) is 55.8 Å². The molecule has 0 fully saturated rings. The van der Waals surface area contributed by atoms with Crippen LogP contribution in [0.5, 0.6) is 0 Å². The zero-order valence-corrected chi connectivity index (χ0v) is 14.6. The third-order valence-electron chi connectivity index (χ3n) is 3.24. The van der Waals surface area contributed by atoms with Crippen LogP contribution in [0.3, 0.4) is 0 Å². The highest BCUT2D eigenvalue weighted by Gasteiger charge is 2.22. The van der Waals surface area contributed by atoms with Gasteiger partial charge < -0.3 is 0 Å². The van der Waals surface area contributed by atoms with Crippen molar-refractivity contribution in [3.05, 3.63) is 56.5 Å². The van der Waals surface area contributed by atoms with Gasteiger partial charge in [0.2, 0.25) is 0 Å². The summed E-state index contributed by atoms with van der Waals surface area (Å²) in [5, 5.41) is 1.94. The molecule has 0 saturated carbocycles. The summed E-state index contributed by atoms with van der Waals surface area (Å²) in [6.45, 7) is 6.66. The van der Waals surface area contributed by atoms with E-state index in [4.69, 9.17) is 0 Å². The third kappa shape index (κ3) is 3.28. The van der Waals surface area contributed by atoms with Crippen LogP contribution in [0.4, 0.5) is 0 Å². The number of rotatable bonds is 2. The number of allylic oxidation sites excluding steroid dienone is 1. The molecule has 1 aromatic heterocycles. The number of ketones is 1. The van der Waals surface area contributed by atoms with Crippen LogP contribution in [0, 0.1) is 0 Å². The van der Waals surface area contributed by atoms with Gasteiger partial charge in [0, 0.05) is 15.9 Å². The van der Waals surface area contributed by atoms with Gasteiger partial charge >= 0.3 is 0 Å². The van der Waals surface area contributed by atoms with Crippen LogP contribution in [0.2, 0.25) is 0 Å². The second-order valence-corrected chi connectivity index (χ2v) is 9.29. The zero-order chi connectivity index (χ0) is 15.0. The molecular formula is C17H16OS3. The summed E-state index contributed by atoms with van der Waals surface area (Å²) >= 11 is 4.88. The Morgan fingerprint density at radius 2 is 1.86 bits per heavy atom. The van der Waals surface area contributed by atoms with Crippen molar-refractivity contribution >= 4 is 40.6 Å². The van der Waals surface area contributed by atoms with Gasteiger partial charge in [0.15, 0.2) is 5.78 Å². The number of thioether (sulfide) groups is 2. The lowest BCUT2D eigenvalue weighted by atomic mass is 9.87. The molecule has 1 nitrogen and oxygen atoms in total. The maximum Gasteiger partial charge on any atom is 0.197 e. The van der Waals surface area contributed by atoms with Gasteiger partial charge in [0.1, 0.15) is 0 Å². The summed E-state index contributed by atoms with van der Waals surface area (Å²) < 4.78 is 1.06. The minimum absolute atomic E-state index is 0.101. The summed E-state index contributed by atoms with van der Waals surface area (Å²) in [6.07, 6.45) is 1.76. The molecule has 0 N–H and O–H groups in total. The van der Waals surface area contributed by atoms with Gasteiger partial charge in [0.25, 0.3) is 0 Å². The largest absolute Gasteiger partial charge is 0.288 e. The summed E-state index contributed by atoms with van der Waals surface area (Å²) in [5.74, 6) is 0.101. The summed E-state index contributed by atoms with van der Waals surface area (Å²) in [6, 6.07) is 10.4. The Bertz CT molecular complexity index is 706. The van der Waals surface area contributed by atoms with Crippen LogP contribution in [0.1, 0.15) is 36.0 Å². The highest BCUT2D eigenvalue weighted by molar-refractivity contribution is 8.24. The van der Waals surface area contributed by atoms with Gasteiger partial charge in [-0.1, -0.05) is 56.4 Å². The van der Waals surface area contributed by atoms with E-state index in [1.54, 1.807) is 29.6 Å². The molecule has 108 valence electrons. The molecule has 3 rings (SSSR count). The Hall–Kier alpha value is -0.970. The number of carbonyl (C=O) groups is 1. The number of hydrogen-bond acceptors (Lipinski definition) is 4. The van der Waals surface area contributed by atoms with E-state index in [0.29, 0.717) is 0 Å². The minimum Gasteiger partial charge on any atom is -0.288 e. The Morgan fingerprint density at radius 3 is 2.52 bits per heavy atom. The number of thiophene rings is 1. The summed E-state index contributed by atoms with van der Waals surface area (Å²) in [4.78, 5) is 15.5. The first-order chi connectivity index (χ1) is 9.93. The third-order valence-corrected chi connectivity index (χ3v) is 6.53. The van der Waals surface area contributed by atoms with Gasteiger partial charge in [-0.25, -0.2) is 0 Å². The quantitative estimate of drug-likeness (QED) is 0.498. The smallest absolute Gasteiger partial charge is 0.197 e. The second kappa shape index (κ2) is 5.67. The van der Waals surface area contributed by atoms with E-state index in [0.717, 1.165) is 9.11 Å². The Balaban J connectivity index is 1.83. The van der Waals surface area contributed by atoms with Gasteiger partial charge in [-0.15, -0.1) is 11.3 Å². The lowest BCUT2D eigenvalue weighted by Crippen LogP contribution is -2.10. The Kier molecular flexibility index (Phi) is 4.04. The number of benzene rings is 1. The average molecular weight is 333 g/mol. The molecule has 0 radical (unpaired) electrons. The molecule has 0 bridgehead atoms. The predicted octanol–water partition coefficient (Wildman–Crippen LogP) is 5.97. The second-order valence-electron chi connectivity index (χ2n) is 5.92. The molecule has 0 atom stereocenters. The van der Waals surface area contributed by atoms with Crippen molar-refractivity contribution in [2.24, 2.45) is 0 Å². The van der Waals surface area contributed by atoms with Crippen LogP contribution < -0.4 is 0 Å². The molecule has 2 aromatic rings. The minimum atomic E-state index is 0.101. The fourth-order valence-electron chi connectivity index (χ4n) is 2.03. The lowest BCUT2D eigenvalue weighted by molar-refractivity contribution is 0.105. The van der Waals surface area contributed by atoms with E-state index in [-0.39, 0.29) is 11.2 Å². The van der Waals surface area contributed by atoms with Gasteiger partial charge in [-0.05, 0) is 34.6 Å². The average Bonchev–Trinajstić information content (AvgIpc) is 3.05. The van der Waals surface area contributed by atoms with Crippen LogP contribution in [0.25, 0.3) is 0 Å².